The van der Waals surface area contributed by atoms with E-state index in [2.05, 4.69) is 15.4 Å². The Morgan fingerprint density at radius 2 is 1.97 bits per heavy atom. The zero-order valence-corrected chi connectivity index (χ0v) is 16.4. The van der Waals surface area contributed by atoms with Gasteiger partial charge in [0, 0.05) is 24.5 Å². The topological polar surface area (TPSA) is 88.8 Å². The van der Waals surface area contributed by atoms with Crippen LogP contribution < -0.4 is 15.0 Å². The molecule has 8 nitrogen and oxygen atoms in total. The molecule has 0 fully saturated rings. The third-order valence-electron chi connectivity index (χ3n) is 5.09. The van der Waals surface area contributed by atoms with Crippen LogP contribution in [-0.2, 0) is 4.79 Å². The number of hydrogen-bond donors (Lipinski definition) is 1. The first kappa shape index (κ1) is 18.7. The predicted octanol–water partition coefficient (Wildman–Crippen LogP) is 3.14. The molecule has 0 saturated heterocycles. The van der Waals surface area contributed by atoms with Gasteiger partial charge in [0.2, 0.25) is 0 Å². The van der Waals surface area contributed by atoms with Crippen LogP contribution in [0.1, 0.15) is 10.4 Å². The Bertz CT molecular complexity index is 1330. The fourth-order valence-corrected chi connectivity index (χ4v) is 3.44. The molecule has 2 aromatic carbocycles. The van der Waals surface area contributed by atoms with Gasteiger partial charge in [-0.1, -0.05) is 0 Å². The summed E-state index contributed by atoms with van der Waals surface area (Å²) in [5, 5.41) is 7.11. The molecule has 9 heteroatoms. The Morgan fingerprint density at radius 3 is 2.77 bits per heavy atom. The van der Waals surface area contributed by atoms with Crippen molar-refractivity contribution in [2.75, 3.05) is 23.9 Å². The maximum Gasteiger partial charge on any atom is 0.264 e. The van der Waals surface area contributed by atoms with Crippen molar-refractivity contribution in [1.82, 2.24) is 14.6 Å². The van der Waals surface area contributed by atoms with E-state index in [4.69, 9.17) is 4.74 Å². The van der Waals surface area contributed by atoms with Crippen LogP contribution in [0.3, 0.4) is 0 Å². The Hall–Kier alpha value is -4.27. The largest absolute Gasteiger partial charge is 0.482 e. The molecule has 0 spiro atoms. The van der Waals surface area contributed by atoms with Gasteiger partial charge in [0.05, 0.1) is 17.6 Å². The first-order chi connectivity index (χ1) is 15.0. The van der Waals surface area contributed by atoms with Crippen LogP contribution in [0.5, 0.6) is 5.75 Å². The third-order valence-corrected chi connectivity index (χ3v) is 5.09. The number of rotatable bonds is 3. The number of hydrogen-bond acceptors (Lipinski definition) is 5. The molecule has 154 valence electrons. The fourth-order valence-electron chi connectivity index (χ4n) is 3.44. The monoisotopic (exact) mass is 417 g/mol. The molecule has 0 atom stereocenters. The molecule has 3 heterocycles. The molecule has 4 aromatic rings. The lowest BCUT2D eigenvalue weighted by molar-refractivity contribution is -0.120. The van der Waals surface area contributed by atoms with Gasteiger partial charge < -0.3 is 15.0 Å². The van der Waals surface area contributed by atoms with Gasteiger partial charge in [-0.3, -0.25) is 9.59 Å². The maximum absolute atomic E-state index is 13.3. The minimum atomic E-state index is -0.399. The molecule has 1 aliphatic rings. The summed E-state index contributed by atoms with van der Waals surface area (Å²) in [5.41, 5.74) is 3.14. The van der Waals surface area contributed by atoms with Crippen molar-refractivity contribution in [1.29, 1.82) is 0 Å². The van der Waals surface area contributed by atoms with Gasteiger partial charge in [-0.05, 0) is 48.5 Å². The minimum Gasteiger partial charge on any atom is -0.482 e. The van der Waals surface area contributed by atoms with Crippen molar-refractivity contribution in [3.05, 3.63) is 72.3 Å². The Kier molecular flexibility index (Phi) is 4.36. The van der Waals surface area contributed by atoms with Gasteiger partial charge in [-0.25, -0.2) is 13.9 Å². The van der Waals surface area contributed by atoms with Gasteiger partial charge in [-0.15, -0.1) is 0 Å². The third kappa shape index (κ3) is 3.25. The highest BCUT2D eigenvalue weighted by Crippen LogP contribution is 2.34. The van der Waals surface area contributed by atoms with E-state index in [0.29, 0.717) is 28.5 Å². The zero-order valence-electron chi connectivity index (χ0n) is 16.4. The summed E-state index contributed by atoms with van der Waals surface area (Å²) in [4.78, 5) is 30.6. The predicted molar refractivity (Wildman–Crippen MR) is 112 cm³/mol. The van der Waals surface area contributed by atoms with E-state index in [9.17, 15) is 14.0 Å². The number of benzene rings is 2. The number of likely N-dealkylation sites (N-methyl/N-ethyl adjacent to an activating group) is 1. The number of carbonyl (C=O) groups is 2. The summed E-state index contributed by atoms with van der Waals surface area (Å²) in [6.07, 6.45) is 3.01. The minimum absolute atomic E-state index is 0.0142. The van der Waals surface area contributed by atoms with Crippen molar-refractivity contribution in [3.8, 4) is 17.0 Å². The summed E-state index contributed by atoms with van der Waals surface area (Å²) in [6, 6.07) is 12.8. The second-order valence-corrected chi connectivity index (χ2v) is 7.01. The Balaban J connectivity index is 1.47. The molecule has 0 aliphatic carbocycles. The van der Waals surface area contributed by atoms with Gasteiger partial charge in [0.25, 0.3) is 11.8 Å². The number of nitrogens with zero attached hydrogens (tertiary/aromatic N) is 4. The molecule has 0 unspecified atom stereocenters. The highest BCUT2D eigenvalue weighted by Gasteiger charge is 2.23. The van der Waals surface area contributed by atoms with Gasteiger partial charge in [-0.2, -0.15) is 5.10 Å². The van der Waals surface area contributed by atoms with Crippen molar-refractivity contribution < 1.29 is 18.7 Å². The average Bonchev–Trinajstić information content (AvgIpc) is 3.22. The summed E-state index contributed by atoms with van der Waals surface area (Å²) in [7, 11) is 1.65. The molecule has 2 aromatic heterocycles. The van der Waals surface area contributed by atoms with E-state index < -0.39 is 5.91 Å². The van der Waals surface area contributed by atoms with Crippen molar-refractivity contribution in [2.45, 2.75) is 0 Å². The van der Waals surface area contributed by atoms with Crippen LogP contribution in [0.2, 0.25) is 0 Å². The number of aromatic nitrogens is 3. The molecular formula is C22H16FN5O3. The quantitative estimate of drug-likeness (QED) is 0.553. The van der Waals surface area contributed by atoms with Crippen LogP contribution in [0.15, 0.2) is 60.9 Å². The molecule has 0 saturated carbocycles. The van der Waals surface area contributed by atoms with Gasteiger partial charge in [0.1, 0.15) is 17.1 Å². The number of anilines is 2. The summed E-state index contributed by atoms with van der Waals surface area (Å²) in [6.45, 7) is -0.0142. The van der Waals surface area contributed by atoms with E-state index in [1.165, 1.54) is 27.7 Å². The summed E-state index contributed by atoms with van der Waals surface area (Å²) in [5.74, 6) is -0.334. The lowest BCUT2D eigenvalue weighted by Crippen LogP contribution is -2.35. The fraction of sp³-hybridized carbons (Fsp3) is 0.0909. The zero-order chi connectivity index (χ0) is 21.5. The van der Waals surface area contributed by atoms with Crippen LogP contribution in [0, 0.1) is 5.82 Å². The van der Waals surface area contributed by atoms with Gasteiger partial charge >= 0.3 is 0 Å². The molecule has 0 bridgehead atoms. The molecule has 2 amide bonds. The number of nitrogens with one attached hydrogen (secondary N) is 1. The molecule has 0 radical (unpaired) electrons. The highest BCUT2D eigenvalue weighted by atomic mass is 19.1. The number of halogens is 1. The van der Waals surface area contributed by atoms with Crippen LogP contribution in [0.4, 0.5) is 15.8 Å². The summed E-state index contributed by atoms with van der Waals surface area (Å²) < 4.78 is 20.2. The Morgan fingerprint density at radius 1 is 1.16 bits per heavy atom. The van der Waals surface area contributed by atoms with Crippen LogP contribution in [-0.4, -0.2) is 40.1 Å². The number of carbonyl (C=O) groups excluding carboxylic acids is 2. The van der Waals surface area contributed by atoms with E-state index >= 15 is 0 Å². The lowest BCUT2D eigenvalue weighted by atomic mass is 10.1. The lowest BCUT2D eigenvalue weighted by Gasteiger charge is -2.26. The number of ether oxygens (including phenoxy) is 1. The second-order valence-electron chi connectivity index (χ2n) is 7.01. The van der Waals surface area contributed by atoms with Gasteiger partial charge in [0.15, 0.2) is 12.3 Å². The van der Waals surface area contributed by atoms with E-state index in [1.807, 2.05) is 0 Å². The molecule has 31 heavy (non-hydrogen) atoms. The second kappa shape index (κ2) is 7.21. The van der Waals surface area contributed by atoms with Crippen molar-refractivity contribution in [3.63, 3.8) is 0 Å². The van der Waals surface area contributed by atoms with E-state index in [-0.39, 0.29) is 23.9 Å². The molecule has 5 rings (SSSR count). The van der Waals surface area contributed by atoms with Crippen LogP contribution in [0.25, 0.3) is 16.9 Å². The smallest absolute Gasteiger partial charge is 0.264 e. The maximum atomic E-state index is 13.3. The first-order valence-corrected chi connectivity index (χ1v) is 9.45. The highest BCUT2D eigenvalue weighted by molar-refractivity contribution is 6.09. The first-order valence-electron chi connectivity index (χ1n) is 9.45. The van der Waals surface area contributed by atoms with Crippen molar-refractivity contribution in [2.24, 2.45) is 0 Å². The van der Waals surface area contributed by atoms with E-state index in [0.717, 1.165) is 5.56 Å². The SMILES string of the molecule is CN1C(=O)COc2ccc(NC(=O)c3cnn4c(-c5ccc(F)cc5)ccnc34)cc21. The average molecular weight is 417 g/mol. The number of fused-ring (bicyclic) bond motifs is 2. The standard InChI is InChI=1S/C22H16FN5O3/c1-27-18-10-15(6-7-19(18)31-12-20(27)29)26-22(30)16-11-25-28-17(8-9-24-21(16)28)13-2-4-14(23)5-3-13/h2-11H,12H2,1H3,(H,26,30). The molecular weight excluding hydrogens is 401 g/mol. The van der Waals surface area contributed by atoms with Crippen LogP contribution >= 0.6 is 0 Å². The normalized spacial score (nSPS) is 13.1. The van der Waals surface area contributed by atoms with E-state index in [1.54, 1.807) is 49.6 Å². The molecule has 1 N–H and O–H groups in total. The number of amides is 2. The Labute approximate surface area is 175 Å². The van der Waals surface area contributed by atoms with Crippen molar-refractivity contribution >= 4 is 28.8 Å². The summed E-state index contributed by atoms with van der Waals surface area (Å²) >= 11 is 0. The molecule has 1 aliphatic heterocycles.